The summed E-state index contributed by atoms with van der Waals surface area (Å²) in [5.74, 6) is 0.881. The predicted molar refractivity (Wildman–Crippen MR) is 49.9 cm³/mol. The van der Waals surface area contributed by atoms with E-state index >= 15 is 0 Å². The van der Waals surface area contributed by atoms with Gasteiger partial charge in [-0.1, -0.05) is 0 Å². The van der Waals surface area contributed by atoms with E-state index in [0.29, 0.717) is 6.61 Å². The summed E-state index contributed by atoms with van der Waals surface area (Å²) in [6.45, 7) is 6.52. The largest absolute Gasteiger partial charge is 0.532 e. The van der Waals surface area contributed by atoms with Crippen molar-refractivity contribution in [1.29, 1.82) is 0 Å². The normalized spacial score (nSPS) is 21.0. The second kappa shape index (κ2) is 2.89. The second-order valence-electron chi connectivity index (χ2n) is 3.97. The van der Waals surface area contributed by atoms with Gasteiger partial charge >= 0.3 is 7.12 Å². The highest BCUT2D eigenvalue weighted by molar-refractivity contribution is 6.60. The molecule has 13 heavy (non-hydrogen) atoms. The fourth-order valence-corrected chi connectivity index (χ4v) is 1.35. The smallest absolute Gasteiger partial charge is 0.470 e. The molecule has 1 aromatic rings. The Bertz CT molecular complexity index is 306. The minimum absolute atomic E-state index is 0.203. The van der Waals surface area contributed by atoms with E-state index in [-0.39, 0.29) is 12.7 Å². The van der Waals surface area contributed by atoms with Crippen molar-refractivity contribution in [3.05, 3.63) is 17.9 Å². The van der Waals surface area contributed by atoms with Crippen LogP contribution in [0.3, 0.4) is 0 Å². The van der Waals surface area contributed by atoms with E-state index in [1.165, 1.54) is 0 Å². The highest BCUT2D eigenvalue weighted by atomic mass is 16.7. The number of hydrogen-bond donors (Lipinski definition) is 0. The molecular weight excluding hydrogens is 167 g/mol. The first-order valence-corrected chi connectivity index (χ1v) is 4.43. The third kappa shape index (κ3) is 1.79. The molecule has 1 fully saturated rings. The van der Waals surface area contributed by atoms with Crippen LogP contribution in [0.1, 0.15) is 19.6 Å². The van der Waals surface area contributed by atoms with Gasteiger partial charge in [-0.2, -0.15) is 0 Å². The monoisotopic (exact) mass is 180 g/mol. The Morgan fingerprint density at radius 2 is 2.15 bits per heavy atom. The Kier molecular flexibility index (Phi) is 1.97. The van der Waals surface area contributed by atoms with Crippen molar-refractivity contribution in [1.82, 2.24) is 0 Å². The van der Waals surface area contributed by atoms with Gasteiger partial charge in [0.15, 0.2) is 0 Å². The fraction of sp³-hybridized carbons (Fsp3) is 0.556. The Morgan fingerprint density at radius 3 is 2.62 bits per heavy atom. The maximum absolute atomic E-state index is 5.63. The van der Waals surface area contributed by atoms with Gasteiger partial charge in [-0.3, -0.25) is 0 Å². The van der Waals surface area contributed by atoms with Gasteiger partial charge in [0.25, 0.3) is 0 Å². The molecule has 0 aromatic carbocycles. The van der Waals surface area contributed by atoms with E-state index in [0.717, 1.165) is 11.4 Å². The number of hydrogen-bond acceptors (Lipinski definition) is 3. The van der Waals surface area contributed by atoms with Crippen LogP contribution in [0.5, 0.6) is 0 Å². The van der Waals surface area contributed by atoms with Gasteiger partial charge in [-0.05, 0) is 32.9 Å². The average molecular weight is 180 g/mol. The second-order valence-corrected chi connectivity index (χ2v) is 3.97. The zero-order valence-electron chi connectivity index (χ0n) is 8.16. The van der Waals surface area contributed by atoms with Crippen LogP contribution in [0.2, 0.25) is 0 Å². The Labute approximate surface area is 78.2 Å². The van der Waals surface area contributed by atoms with Crippen molar-refractivity contribution >= 4 is 12.8 Å². The molecule has 0 amide bonds. The minimum atomic E-state index is -0.330. The van der Waals surface area contributed by atoms with E-state index in [1.54, 1.807) is 0 Å². The van der Waals surface area contributed by atoms with Crippen molar-refractivity contribution in [2.75, 3.05) is 6.61 Å². The van der Waals surface area contributed by atoms with Gasteiger partial charge in [0, 0.05) is 0 Å². The van der Waals surface area contributed by atoms with Crippen LogP contribution >= 0.6 is 0 Å². The van der Waals surface area contributed by atoms with E-state index in [2.05, 4.69) is 0 Å². The maximum Gasteiger partial charge on any atom is 0.532 e. The molecular formula is C9H13BO3. The summed E-state index contributed by atoms with van der Waals surface area (Å²) in [6, 6.07) is 3.80. The van der Waals surface area contributed by atoms with Crippen molar-refractivity contribution in [3.63, 3.8) is 0 Å². The van der Waals surface area contributed by atoms with Gasteiger partial charge < -0.3 is 13.7 Å². The summed E-state index contributed by atoms with van der Waals surface area (Å²) < 4.78 is 16.5. The zero-order chi connectivity index (χ0) is 9.47. The van der Waals surface area contributed by atoms with Crippen LogP contribution in [0.4, 0.5) is 0 Å². The Hall–Kier alpha value is -0.735. The van der Waals surface area contributed by atoms with Crippen LogP contribution < -0.4 is 5.66 Å². The van der Waals surface area contributed by atoms with Crippen molar-refractivity contribution in [2.24, 2.45) is 0 Å². The lowest BCUT2D eigenvalue weighted by Crippen LogP contribution is -2.33. The zero-order valence-corrected chi connectivity index (χ0v) is 8.16. The molecule has 0 unspecified atom stereocenters. The van der Waals surface area contributed by atoms with Crippen molar-refractivity contribution < 1.29 is 13.7 Å². The molecule has 0 spiro atoms. The standard InChI is InChI=1S/C9H13BO3/c1-7-4-5-8(12-7)10-11-6-9(2,3)13-10/h4-5H,6H2,1-3H3. The Balaban J connectivity index is 2.12. The SMILES string of the molecule is Cc1ccc(B2OCC(C)(C)O2)o1. The van der Waals surface area contributed by atoms with Crippen molar-refractivity contribution in [3.8, 4) is 0 Å². The molecule has 1 aliphatic rings. The predicted octanol–water partition coefficient (Wildman–Crippen LogP) is 1.11. The number of rotatable bonds is 1. The quantitative estimate of drug-likeness (QED) is 0.606. The van der Waals surface area contributed by atoms with Crippen LogP contribution in [-0.4, -0.2) is 19.3 Å². The summed E-state index contributed by atoms with van der Waals surface area (Å²) in [6.07, 6.45) is 0. The number of aryl methyl sites for hydroxylation is 1. The highest BCUT2D eigenvalue weighted by Gasteiger charge is 2.40. The molecule has 1 saturated heterocycles. The fourth-order valence-electron chi connectivity index (χ4n) is 1.35. The molecule has 0 N–H and O–H groups in total. The first-order valence-electron chi connectivity index (χ1n) is 4.43. The average Bonchev–Trinajstić information content (AvgIpc) is 2.56. The summed E-state index contributed by atoms with van der Waals surface area (Å²) >= 11 is 0. The summed E-state index contributed by atoms with van der Waals surface area (Å²) in [4.78, 5) is 0. The van der Waals surface area contributed by atoms with E-state index in [1.807, 2.05) is 32.9 Å². The van der Waals surface area contributed by atoms with Gasteiger partial charge in [-0.15, -0.1) is 0 Å². The van der Waals surface area contributed by atoms with Crippen molar-refractivity contribution in [2.45, 2.75) is 26.4 Å². The molecule has 0 atom stereocenters. The molecule has 0 bridgehead atoms. The molecule has 2 heterocycles. The summed E-state index contributed by atoms with van der Waals surface area (Å²) in [5, 5.41) is 0. The van der Waals surface area contributed by atoms with Gasteiger partial charge in [0.1, 0.15) is 5.66 Å². The molecule has 2 rings (SSSR count). The molecule has 3 nitrogen and oxygen atoms in total. The van der Waals surface area contributed by atoms with E-state index in [9.17, 15) is 0 Å². The topological polar surface area (TPSA) is 31.6 Å². The third-order valence-corrected chi connectivity index (χ3v) is 2.00. The van der Waals surface area contributed by atoms with Gasteiger partial charge in [0.05, 0.1) is 18.0 Å². The molecule has 4 heteroatoms. The summed E-state index contributed by atoms with van der Waals surface area (Å²) in [5.41, 5.74) is 0.550. The van der Waals surface area contributed by atoms with Crippen LogP contribution in [0.15, 0.2) is 16.5 Å². The molecule has 1 aliphatic heterocycles. The van der Waals surface area contributed by atoms with Crippen LogP contribution in [-0.2, 0) is 9.31 Å². The van der Waals surface area contributed by atoms with E-state index < -0.39 is 0 Å². The Morgan fingerprint density at radius 1 is 1.38 bits per heavy atom. The third-order valence-electron chi connectivity index (χ3n) is 2.00. The lowest BCUT2D eigenvalue weighted by molar-refractivity contribution is 0.136. The lowest BCUT2D eigenvalue weighted by Gasteiger charge is -2.14. The molecule has 1 aromatic heterocycles. The minimum Gasteiger partial charge on any atom is -0.470 e. The highest BCUT2D eigenvalue weighted by Crippen LogP contribution is 2.19. The van der Waals surface area contributed by atoms with E-state index in [4.69, 9.17) is 13.7 Å². The lowest BCUT2D eigenvalue weighted by atomic mass is 9.86. The molecule has 0 aliphatic carbocycles. The molecule has 70 valence electrons. The van der Waals surface area contributed by atoms with Gasteiger partial charge in [-0.25, -0.2) is 0 Å². The van der Waals surface area contributed by atoms with Crippen LogP contribution in [0, 0.1) is 6.92 Å². The first kappa shape index (κ1) is 8.85. The molecule has 0 radical (unpaired) electrons. The maximum atomic E-state index is 5.63. The number of furan rings is 1. The van der Waals surface area contributed by atoms with Gasteiger partial charge in [0.2, 0.25) is 0 Å². The first-order chi connectivity index (χ1) is 6.07. The molecule has 0 saturated carbocycles. The van der Waals surface area contributed by atoms with Crippen LogP contribution in [0.25, 0.3) is 0 Å². The summed E-state index contributed by atoms with van der Waals surface area (Å²) in [7, 11) is -0.330.